The van der Waals surface area contributed by atoms with Gasteiger partial charge in [0.1, 0.15) is 11.4 Å². The number of carbonyl (C=O) groups excluding carboxylic acids is 1. The van der Waals surface area contributed by atoms with Gasteiger partial charge in [-0.05, 0) is 0 Å². The van der Waals surface area contributed by atoms with E-state index in [1.807, 2.05) is 0 Å². The number of hydrogen-bond donors (Lipinski definition) is 2. The van der Waals surface area contributed by atoms with Crippen molar-refractivity contribution in [1.82, 2.24) is 4.98 Å². The Balaban J connectivity index is 3.45. The number of H-pyrrole nitrogens is 1. The van der Waals surface area contributed by atoms with Crippen molar-refractivity contribution in [1.29, 1.82) is 0 Å². The van der Waals surface area contributed by atoms with Crippen LogP contribution in [0.5, 0.6) is 0 Å². The number of pyridine rings is 1. The van der Waals surface area contributed by atoms with Crippen LogP contribution in [-0.2, 0) is 0 Å². The van der Waals surface area contributed by atoms with Gasteiger partial charge in [-0.1, -0.05) is 0 Å². The highest BCUT2D eigenvalue weighted by Crippen LogP contribution is 1.95. The first-order valence-corrected chi connectivity index (χ1v) is 2.68. The van der Waals surface area contributed by atoms with E-state index in [0.717, 1.165) is 0 Å². The molecule has 4 heteroatoms. The molecule has 0 radical (unpaired) electrons. The highest BCUT2D eigenvalue weighted by atomic mass is 16.1. The number of hydrogen-bond acceptors (Lipinski definition) is 3. The molecule has 0 aromatic carbocycles. The molecule has 0 aliphatic heterocycles. The van der Waals surface area contributed by atoms with Crippen molar-refractivity contribution in [3.05, 3.63) is 28.0 Å². The van der Waals surface area contributed by atoms with E-state index >= 15 is 0 Å². The summed E-state index contributed by atoms with van der Waals surface area (Å²) in [5.41, 5.74) is 4.88. The first-order chi connectivity index (χ1) is 4.75. The number of aromatic nitrogens is 1. The Morgan fingerprint density at radius 2 is 2.30 bits per heavy atom. The Hall–Kier alpha value is -1.58. The quantitative estimate of drug-likeness (QED) is 0.526. The fourth-order valence-electron chi connectivity index (χ4n) is 0.629. The van der Waals surface area contributed by atoms with Crippen molar-refractivity contribution < 1.29 is 4.79 Å². The molecule has 1 rings (SSSR count). The van der Waals surface area contributed by atoms with Crippen LogP contribution in [0.3, 0.4) is 0 Å². The second-order valence-electron chi connectivity index (χ2n) is 1.79. The average Bonchev–Trinajstić information content (AvgIpc) is 1.88. The Morgan fingerprint density at radius 3 is 2.70 bits per heavy atom. The van der Waals surface area contributed by atoms with Crippen LogP contribution in [0.4, 0.5) is 5.82 Å². The van der Waals surface area contributed by atoms with Crippen LogP contribution in [0.1, 0.15) is 10.4 Å². The summed E-state index contributed by atoms with van der Waals surface area (Å²) < 4.78 is 0. The molecule has 0 atom stereocenters. The SMILES string of the molecule is Nc1[nH]ccc(=O)c1C=O. The van der Waals surface area contributed by atoms with Gasteiger partial charge in [-0.2, -0.15) is 0 Å². The largest absolute Gasteiger partial charge is 0.385 e. The lowest BCUT2D eigenvalue weighted by molar-refractivity contribution is 0.112. The lowest BCUT2D eigenvalue weighted by atomic mass is 10.3. The van der Waals surface area contributed by atoms with Gasteiger partial charge in [0.15, 0.2) is 11.7 Å². The molecule has 1 heterocycles. The van der Waals surface area contributed by atoms with Crippen LogP contribution in [-0.4, -0.2) is 11.3 Å². The molecule has 1 aromatic rings. The molecule has 10 heavy (non-hydrogen) atoms. The number of nitrogen functional groups attached to an aromatic ring is 1. The molecular weight excluding hydrogens is 132 g/mol. The van der Waals surface area contributed by atoms with Gasteiger partial charge in [0.25, 0.3) is 0 Å². The van der Waals surface area contributed by atoms with Gasteiger partial charge in [-0.15, -0.1) is 0 Å². The van der Waals surface area contributed by atoms with Crippen LogP contribution in [0, 0.1) is 0 Å². The zero-order valence-corrected chi connectivity index (χ0v) is 5.13. The number of aldehydes is 1. The zero-order valence-electron chi connectivity index (χ0n) is 5.13. The van der Waals surface area contributed by atoms with E-state index in [1.54, 1.807) is 0 Å². The number of nitrogens with one attached hydrogen (secondary N) is 1. The molecule has 0 bridgehead atoms. The van der Waals surface area contributed by atoms with E-state index in [1.165, 1.54) is 12.3 Å². The predicted molar refractivity (Wildman–Crippen MR) is 36.9 cm³/mol. The minimum atomic E-state index is -0.355. The molecule has 0 saturated heterocycles. The summed E-state index contributed by atoms with van der Waals surface area (Å²) in [6, 6.07) is 1.25. The molecule has 52 valence electrons. The standard InChI is InChI=1S/C6H6N2O2/c7-6-4(3-9)5(10)1-2-8-6/h1-3H,(H3,7,8,10). The van der Waals surface area contributed by atoms with Crippen molar-refractivity contribution >= 4 is 12.1 Å². The number of anilines is 1. The third kappa shape index (κ3) is 0.907. The molecule has 4 nitrogen and oxygen atoms in total. The predicted octanol–water partition coefficient (Wildman–Crippen LogP) is -0.230. The summed E-state index contributed by atoms with van der Waals surface area (Å²) in [4.78, 5) is 23.4. The van der Waals surface area contributed by atoms with Crippen LogP contribution in [0.25, 0.3) is 0 Å². The molecule has 0 amide bonds. The normalized spacial score (nSPS) is 9.20. The topological polar surface area (TPSA) is 76.0 Å². The molecule has 0 aliphatic carbocycles. The minimum Gasteiger partial charge on any atom is -0.385 e. The van der Waals surface area contributed by atoms with Gasteiger partial charge in [0, 0.05) is 12.3 Å². The van der Waals surface area contributed by atoms with Crippen molar-refractivity contribution in [2.75, 3.05) is 5.73 Å². The Kier molecular flexibility index (Phi) is 1.53. The van der Waals surface area contributed by atoms with Crippen LogP contribution in [0.15, 0.2) is 17.1 Å². The maximum absolute atomic E-state index is 10.7. The van der Waals surface area contributed by atoms with Crippen molar-refractivity contribution in [3.8, 4) is 0 Å². The summed E-state index contributed by atoms with van der Waals surface area (Å²) in [6.45, 7) is 0. The fourth-order valence-corrected chi connectivity index (χ4v) is 0.629. The van der Waals surface area contributed by atoms with E-state index in [0.29, 0.717) is 6.29 Å². The van der Waals surface area contributed by atoms with E-state index in [9.17, 15) is 9.59 Å². The van der Waals surface area contributed by atoms with Gasteiger partial charge in [-0.3, -0.25) is 9.59 Å². The highest BCUT2D eigenvalue weighted by Gasteiger charge is 1.99. The summed E-state index contributed by atoms with van der Waals surface area (Å²) in [5, 5.41) is 0. The zero-order chi connectivity index (χ0) is 7.56. The Bertz CT molecular complexity index is 303. The summed E-state index contributed by atoms with van der Waals surface area (Å²) in [7, 11) is 0. The Labute approximate surface area is 56.7 Å². The highest BCUT2D eigenvalue weighted by molar-refractivity contribution is 5.81. The monoisotopic (exact) mass is 138 g/mol. The summed E-state index contributed by atoms with van der Waals surface area (Å²) in [6.07, 6.45) is 1.83. The number of nitrogens with two attached hydrogens (primary N) is 1. The number of rotatable bonds is 1. The minimum absolute atomic E-state index is 0.0116. The van der Waals surface area contributed by atoms with Crippen molar-refractivity contribution in [2.24, 2.45) is 0 Å². The lowest BCUT2D eigenvalue weighted by Gasteiger charge is -1.93. The first kappa shape index (κ1) is 6.54. The fraction of sp³-hybridized carbons (Fsp3) is 0. The van der Waals surface area contributed by atoms with E-state index in [-0.39, 0.29) is 16.8 Å². The molecular formula is C6H6N2O2. The molecule has 0 spiro atoms. The number of aromatic amines is 1. The summed E-state index contributed by atoms with van der Waals surface area (Å²) >= 11 is 0. The van der Waals surface area contributed by atoms with E-state index in [2.05, 4.69) is 4.98 Å². The summed E-state index contributed by atoms with van der Waals surface area (Å²) in [5.74, 6) is 0.113. The lowest BCUT2D eigenvalue weighted by Crippen LogP contribution is -2.10. The second-order valence-corrected chi connectivity index (χ2v) is 1.79. The molecule has 0 aliphatic rings. The maximum atomic E-state index is 10.7. The van der Waals surface area contributed by atoms with Crippen LogP contribution in [0.2, 0.25) is 0 Å². The third-order valence-electron chi connectivity index (χ3n) is 1.15. The van der Waals surface area contributed by atoms with Gasteiger partial charge in [-0.25, -0.2) is 0 Å². The molecule has 1 aromatic heterocycles. The van der Waals surface area contributed by atoms with Gasteiger partial charge in [0.2, 0.25) is 0 Å². The average molecular weight is 138 g/mol. The smallest absolute Gasteiger partial charge is 0.194 e. The van der Waals surface area contributed by atoms with Gasteiger partial charge >= 0.3 is 0 Å². The van der Waals surface area contributed by atoms with Gasteiger partial charge in [0.05, 0.1) is 0 Å². The van der Waals surface area contributed by atoms with E-state index in [4.69, 9.17) is 5.73 Å². The second kappa shape index (κ2) is 2.34. The first-order valence-electron chi connectivity index (χ1n) is 2.68. The molecule has 0 fully saturated rings. The van der Waals surface area contributed by atoms with Crippen LogP contribution >= 0.6 is 0 Å². The number of carbonyl (C=O) groups is 1. The molecule has 3 N–H and O–H groups in total. The third-order valence-corrected chi connectivity index (χ3v) is 1.15. The van der Waals surface area contributed by atoms with Gasteiger partial charge < -0.3 is 10.7 Å². The molecule has 0 unspecified atom stereocenters. The maximum Gasteiger partial charge on any atom is 0.194 e. The van der Waals surface area contributed by atoms with Crippen molar-refractivity contribution in [3.63, 3.8) is 0 Å². The Morgan fingerprint density at radius 1 is 1.60 bits per heavy atom. The van der Waals surface area contributed by atoms with Crippen molar-refractivity contribution in [2.45, 2.75) is 0 Å². The van der Waals surface area contributed by atoms with Crippen LogP contribution < -0.4 is 11.2 Å². The molecule has 0 saturated carbocycles. The van der Waals surface area contributed by atoms with E-state index < -0.39 is 0 Å².